The number of nitrogens with two attached hydrogens (primary N) is 1. The van der Waals surface area contributed by atoms with E-state index in [1.807, 2.05) is 18.2 Å². The molecule has 4 rings (SSSR count). The maximum atomic E-state index is 11.8. The van der Waals surface area contributed by atoms with Crippen LogP contribution >= 0.6 is 0 Å². The molecule has 0 spiro atoms. The minimum absolute atomic E-state index is 0.338. The SMILES string of the molecule is CNc1ncc(Oc2ccccn2)c2cc(C3(C(N)=O)CC3)ncc12. The van der Waals surface area contributed by atoms with Gasteiger partial charge in [-0.15, -0.1) is 0 Å². The van der Waals surface area contributed by atoms with Crippen molar-refractivity contribution >= 4 is 22.5 Å². The largest absolute Gasteiger partial charge is 0.437 e. The lowest BCUT2D eigenvalue weighted by molar-refractivity contribution is -0.120. The minimum Gasteiger partial charge on any atom is -0.437 e. The van der Waals surface area contributed by atoms with E-state index in [0.717, 1.165) is 23.6 Å². The number of anilines is 1. The lowest BCUT2D eigenvalue weighted by atomic mass is 9.99. The Morgan fingerprint density at radius 2 is 2.04 bits per heavy atom. The van der Waals surface area contributed by atoms with Crippen LogP contribution in [-0.2, 0) is 10.2 Å². The van der Waals surface area contributed by atoms with Gasteiger partial charge in [-0.3, -0.25) is 9.78 Å². The smallest absolute Gasteiger partial charge is 0.229 e. The summed E-state index contributed by atoms with van der Waals surface area (Å²) >= 11 is 0. The molecule has 0 atom stereocenters. The first-order valence-electron chi connectivity index (χ1n) is 8.00. The van der Waals surface area contributed by atoms with Crippen molar-refractivity contribution in [3.63, 3.8) is 0 Å². The summed E-state index contributed by atoms with van der Waals surface area (Å²) in [4.78, 5) is 24.9. The molecule has 0 bridgehead atoms. The van der Waals surface area contributed by atoms with Gasteiger partial charge in [0.2, 0.25) is 11.8 Å². The van der Waals surface area contributed by atoms with Crippen molar-refractivity contribution in [1.82, 2.24) is 15.0 Å². The number of aromatic nitrogens is 3. The van der Waals surface area contributed by atoms with Gasteiger partial charge in [0, 0.05) is 36.3 Å². The number of primary amides is 1. The molecule has 1 saturated carbocycles. The first-order valence-corrected chi connectivity index (χ1v) is 8.00. The molecule has 7 nitrogen and oxygen atoms in total. The number of pyridine rings is 3. The fourth-order valence-electron chi connectivity index (χ4n) is 2.93. The number of carbonyl (C=O) groups excluding carboxylic acids is 1. The number of fused-ring (bicyclic) bond motifs is 1. The fraction of sp³-hybridized carbons (Fsp3) is 0.222. The maximum Gasteiger partial charge on any atom is 0.229 e. The quantitative estimate of drug-likeness (QED) is 0.742. The third-order valence-corrected chi connectivity index (χ3v) is 4.54. The highest BCUT2D eigenvalue weighted by Gasteiger charge is 2.51. The van der Waals surface area contributed by atoms with Crippen molar-refractivity contribution in [3.05, 3.63) is 48.5 Å². The van der Waals surface area contributed by atoms with Gasteiger partial charge in [-0.2, -0.15) is 0 Å². The molecule has 3 heterocycles. The molecule has 0 unspecified atom stereocenters. The van der Waals surface area contributed by atoms with E-state index in [0.29, 0.717) is 23.1 Å². The molecule has 0 aromatic carbocycles. The Morgan fingerprint density at radius 3 is 2.68 bits per heavy atom. The third-order valence-electron chi connectivity index (χ3n) is 4.54. The van der Waals surface area contributed by atoms with Crippen LogP contribution in [0.2, 0.25) is 0 Å². The summed E-state index contributed by atoms with van der Waals surface area (Å²) in [6, 6.07) is 7.30. The van der Waals surface area contributed by atoms with E-state index in [1.54, 1.807) is 31.7 Å². The molecule has 7 heteroatoms. The zero-order valence-electron chi connectivity index (χ0n) is 13.7. The summed E-state index contributed by atoms with van der Waals surface area (Å²) in [6.07, 6.45) is 6.45. The number of carbonyl (C=O) groups is 1. The number of nitrogens with zero attached hydrogens (tertiary/aromatic N) is 3. The molecule has 0 aliphatic heterocycles. The van der Waals surface area contributed by atoms with Gasteiger partial charge in [0.15, 0.2) is 5.75 Å². The maximum absolute atomic E-state index is 11.8. The van der Waals surface area contributed by atoms with Crippen molar-refractivity contribution in [2.75, 3.05) is 12.4 Å². The van der Waals surface area contributed by atoms with Gasteiger partial charge in [-0.1, -0.05) is 6.07 Å². The highest BCUT2D eigenvalue weighted by molar-refractivity contribution is 5.97. The van der Waals surface area contributed by atoms with Crippen LogP contribution in [0.15, 0.2) is 42.9 Å². The molecule has 3 aromatic rings. The summed E-state index contributed by atoms with van der Waals surface area (Å²) in [7, 11) is 1.79. The molecule has 25 heavy (non-hydrogen) atoms. The molecule has 1 fully saturated rings. The molecule has 0 saturated heterocycles. The fourth-order valence-corrected chi connectivity index (χ4v) is 2.93. The number of hydrogen-bond acceptors (Lipinski definition) is 6. The average molecular weight is 335 g/mol. The predicted molar refractivity (Wildman–Crippen MR) is 93.5 cm³/mol. The van der Waals surface area contributed by atoms with Crippen LogP contribution in [0, 0.1) is 0 Å². The normalized spacial score (nSPS) is 14.9. The van der Waals surface area contributed by atoms with Crippen molar-refractivity contribution < 1.29 is 9.53 Å². The van der Waals surface area contributed by atoms with Gasteiger partial charge in [0.05, 0.1) is 17.3 Å². The summed E-state index contributed by atoms with van der Waals surface area (Å²) < 4.78 is 5.89. The zero-order valence-corrected chi connectivity index (χ0v) is 13.7. The van der Waals surface area contributed by atoms with Crippen LogP contribution in [-0.4, -0.2) is 27.9 Å². The number of rotatable bonds is 5. The predicted octanol–water partition coefficient (Wildman–Crippen LogP) is 2.38. The van der Waals surface area contributed by atoms with Crippen molar-refractivity contribution in [2.24, 2.45) is 5.73 Å². The lowest BCUT2D eigenvalue weighted by Gasteiger charge is -2.14. The van der Waals surface area contributed by atoms with Gasteiger partial charge in [0.1, 0.15) is 5.82 Å². The lowest BCUT2D eigenvalue weighted by Crippen LogP contribution is -2.29. The average Bonchev–Trinajstić information content (AvgIpc) is 3.45. The Morgan fingerprint density at radius 1 is 1.20 bits per heavy atom. The number of nitrogens with one attached hydrogen (secondary N) is 1. The highest BCUT2D eigenvalue weighted by atomic mass is 16.5. The Hall–Kier alpha value is -3.22. The third kappa shape index (κ3) is 2.53. The number of amides is 1. The summed E-state index contributed by atoms with van der Waals surface area (Å²) in [5.41, 5.74) is 5.60. The second-order valence-electron chi connectivity index (χ2n) is 6.05. The monoisotopic (exact) mass is 335 g/mol. The van der Waals surface area contributed by atoms with E-state index < -0.39 is 5.41 Å². The Balaban J connectivity index is 1.86. The summed E-state index contributed by atoms with van der Waals surface area (Å²) in [5.74, 6) is 1.37. The van der Waals surface area contributed by atoms with Crippen LogP contribution in [0.1, 0.15) is 18.5 Å². The molecular formula is C18H17N5O2. The van der Waals surface area contributed by atoms with Crippen LogP contribution < -0.4 is 15.8 Å². The van der Waals surface area contributed by atoms with E-state index in [4.69, 9.17) is 10.5 Å². The standard InChI is InChI=1S/C18H17N5O2/c1-20-16-12-9-22-14(18(5-6-18)17(19)24)8-11(12)13(10-23-16)25-15-4-2-3-7-21-15/h2-4,7-10H,5-6H2,1H3,(H2,19,24)(H,20,23). The minimum atomic E-state index is -0.653. The Labute approximate surface area is 144 Å². The Kier molecular flexibility index (Phi) is 3.49. The number of ether oxygens (including phenoxy) is 1. The van der Waals surface area contributed by atoms with E-state index in [2.05, 4.69) is 20.3 Å². The first kappa shape index (κ1) is 15.3. The van der Waals surface area contributed by atoms with Crippen LogP contribution in [0.3, 0.4) is 0 Å². The van der Waals surface area contributed by atoms with Gasteiger partial charge < -0.3 is 15.8 Å². The van der Waals surface area contributed by atoms with Crippen molar-refractivity contribution in [3.8, 4) is 11.6 Å². The van der Waals surface area contributed by atoms with Gasteiger partial charge in [-0.05, 0) is 25.0 Å². The molecule has 1 aliphatic carbocycles. The second kappa shape index (κ2) is 5.70. The second-order valence-corrected chi connectivity index (χ2v) is 6.05. The molecule has 1 amide bonds. The molecule has 0 radical (unpaired) electrons. The highest BCUT2D eigenvalue weighted by Crippen LogP contribution is 2.48. The topological polar surface area (TPSA) is 103 Å². The Bertz CT molecular complexity index is 954. The van der Waals surface area contributed by atoms with Gasteiger partial charge in [0.25, 0.3) is 0 Å². The van der Waals surface area contributed by atoms with Crippen molar-refractivity contribution in [1.29, 1.82) is 0 Å². The molecule has 1 aliphatic rings. The molecule has 3 N–H and O–H groups in total. The van der Waals surface area contributed by atoms with E-state index in [9.17, 15) is 4.79 Å². The van der Waals surface area contributed by atoms with Crippen molar-refractivity contribution in [2.45, 2.75) is 18.3 Å². The molecule has 3 aromatic heterocycles. The first-order chi connectivity index (χ1) is 12.1. The molecule has 126 valence electrons. The van der Waals surface area contributed by atoms with Gasteiger partial charge >= 0.3 is 0 Å². The van der Waals surface area contributed by atoms with Crippen LogP contribution in [0.5, 0.6) is 11.6 Å². The van der Waals surface area contributed by atoms with E-state index >= 15 is 0 Å². The zero-order chi connectivity index (χ0) is 17.4. The number of hydrogen-bond donors (Lipinski definition) is 2. The van der Waals surface area contributed by atoms with Crippen LogP contribution in [0.4, 0.5) is 5.82 Å². The van der Waals surface area contributed by atoms with Crippen LogP contribution in [0.25, 0.3) is 10.8 Å². The van der Waals surface area contributed by atoms with Gasteiger partial charge in [-0.25, -0.2) is 9.97 Å². The summed E-state index contributed by atoms with van der Waals surface area (Å²) in [5, 5.41) is 4.66. The van der Waals surface area contributed by atoms with E-state index in [1.165, 1.54) is 0 Å². The molecular weight excluding hydrogens is 318 g/mol. The summed E-state index contributed by atoms with van der Waals surface area (Å²) in [6.45, 7) is 0. The van der Waals surface area contributed by atoms with E-state index in [-0.39, 0.29) is 5.91 Å².